The SMILES string of the molecule is C=CCCCN(C)C(=NC)NCC(c1cccc(OC)c1)N(C)C.I. The minimum absolute atomic E-state index is 0. The minimum Gasteiger partial charge on any atom is -0.497 e. The van der Waals surface area contributed by atoms with Gasteiger partial charge in [0.15, 0.2) is 5.96 Å². The van der Waals surface area contributed by atoms with E-state index >= 15 is 0 Å². The monoisotopic (exact) mass is 460 g/mol. The third-order valence-electron chi connectivity index (χ3n) is 4.03. The summed E-state index contributed by atoms with van der Waals surface area (Å²) in [7, 11) is 9.75. The van der Waals surface area contributed by atoms with Crippen LogP contribution in [0.1, 0.15) is 24.4 Å². The lowest BCUT2D eigenvalue weighted by Crippen LogP contribution is -2.43. The van der Waals surface area contributed by atoms with Crippen LogP contribution in [0.3, 0.4) is 0 Å². The molecule has 0 saturated carbocycles. The van der Waals surface area contributed by atoms with E-state index < -0.39 is 0 Å². The predicted molar refractivity (Wildman–Crippen MR) is 118 cm³/mol. The number of allylic oxidation sites excluding steroid dienone is 1. The van der Waals surface area contributed by atoms with Crippen molar-refractivity contribution in [2.75, 3.05) is 48.4 Å². The van der Waals surface area contributed by atoms with E-state index in [-0.39, 0.29) is 30.0 Å². The maximum absolute atomic E-state index is 5.35. The Morgan fingerprint density at radius 3 is 2.64 bits per heavy atom. The van der Waals surface area contributed by atoms with Crippen molar-refractivity contribution in [3.63, 3.8) is 0 Å². The molecule has 0 radical (unpaired) electrons. The highest BCUT2D eigenvalue weighted by molar-refractivity contribution is 14.0. The lowest BCUT2D eigenvalue weighted by Gasteiger charge is -2.28. The first-order valence-electron chi connectivity index (χ1n) is 8.36. The van der Waals surface area contributed by atoms with E-state index in [1.165, 1.54) is 5.56 Å². The summed E-state index contributed by atoms with van der Waals surface area (Å²) in [6.45, 7) is 5.50. The number of ether oxygens (including phenoxy) is 1. The van der Waals surface area contributed by atoms with Crippen molar-refractivity contribution in [2.45, 2.75) is 18.9 Å². The molecule has 25 heavy (non-hydrogen) atoms. The van der Waals surface area contributed by atoms with Gasteiger partial charge in [-0.25, -0.2) is 0 Å². The summed E-state index contributed by atoms with van der Waals surface area (Å²) in [4.78, 5) is 8.74. The zero-order chi connectivity index (χ0) is 17.9. The summed E-state index contributed by atoms with van der Waals surface area (Å²) >= 11 is 0. The summed E-state index contributed by atoms with van der Waals surface area (Å²) in [6.07, 6.45) is 4.05. The van der Waals surface area contributed by atoms with Gasteiger partial charge in [-0.1, -0.05) is 18.2 Å². The highest BCUT2D eigenvalue weighted by Gasteiger charge is 2.16. The number of unbranched alkanes of at least 4 members (excludes halogenated alkanes) is 1. The molecule has 0 heterocycles. The van der Waals surface area contributed by atoms with Crippen LogP contribution in [0.2, 0.25) is 0 Å². The first-order chi connectivity index (χ1) is 11.5. The van der Waals surface area contributed by atoms with Crippen molar-refractivity contribution in [2.24, 2.45) is 4.99 Å². The topological polar surface area (TPSA) is 40.1 Å². The van der Waals surface area contributed by atoms with Crippen molar-refractivity contribution in [3.8, 4) is 5.75 Å². The molecule has 0 aliphatic heterocycles. The van der Waals surface area contributed by atoms with Gasteiger partial charge < -0.3 is 19.9 Å². The van der Waals surface area contributed by atoms with Crippen LogP contribution < -0.4 is 10.1 Å². The standard InChI is InChI=1S/C19H32N4O.HI/c1-7-8-9-13-23(5)19(20-2)21-15-18(22(3)4)16-11-10-12-17(14-16)24-6;/h7,10-12,14,18H,1,8-9,13,15H2,2-6H3,(H,20,21);1H. The first-order valence-corrected chi connectivity index (χ1v) is 8.36. The lowest BCUT2D eigenvalue weighted by molar-refractivity contribution is 0.294. The molecule has 1 unspecified atom stereocenters. The number of guanidine groups is 1. The molecule has 1 aromatic rings. The Morgan fingerprint density at radius 2 is 2.08 bits per heavy atom. The quantitative estimate of drug-likeness (QED) is 0.202. The van der Waals surface area contributed by atoms with Gasteiger partial charge in [0.1, 0.15) is 5.75 Å². The Labute approximate surface area is 170 Å². The molecule has 0 aromatic heterocycles. The fraction of sp³-hybridized carbons (Fsp3) is 0.526. The molecule has 1 N–H and O–H groups in total. The maximum atomic E-state index is 5.35. The second-order valence-electron chi connectivity index (χ2n) is 6.04. The van der Waals surface area contributed by atoms with Crippen LogP contribution in [-0.4, -0.2) is 64.1 Å². The Bertz CT molecular complexity index is 534. The molecule has 0 aliphatic rings. The molecular formula is C19H33IN4O. The van der Waals surface area contributed by atoms with Crippen molar-refractivity contribution >= 4 is 29.9 Å². The average Bonchev–Trinajstić information content (AvgIpc) is 2.58. The van der Waals surface area contributed by atoms with Gasteiger partial charge >= 0.3 is 0 Å². The third-order valence-corrected chi connectivity index (χ3v) is 4.03. The number of halogens is 1. The minimum atomic E-state index is 0. The zero-order valence-electron chi connectivity index (χ0n) is 16.2. The zero-order valence-corrected chi connectivity index (χ0v) is 18.5. The largest absolute Gasteiger partial charge is 0.497 e. The smallest absolute Gasteiger partial charge is 0.193 e. The first kappa shape index (κ1) is 23.7. The normalized spacial score (nSPS) is 12.3. The van der Waals surface area contributed by atoms with Crippen LogP contribution in [0.15, 0.2) is 41.9 Å². The van der Waals surface area contributed by atoms with E-state index in [1.54, 1.807) is 7.11 Å². The number of hydrogen-bond donors (Lipinski definition) is 1. The van der Waals surface area contributed by atoms with E-state index in [0.717, 1.165) is 37.6 Å². The summed E-state index contributed by atoms with van der Waals surface area (Å²) < 4.78 is 5.35. The molecule has 0 aliphatic carbocycles. The molecule has 1 rings (SSSR count). The van der Waals surface area contributed by atoms with E-state index in [0.29, 0.717) is 0 Å². The Hall–Kier alpha value is -1.28. The van der Waals surface area contributed by atoms with Gasteiger partial charge in [-0.05, 0) is 44.6 Å². The van der Waals surface area contributed by atoms with Crippen molar-refractivity contribution in [3.05, 3.63) is 42.5 Å². The van der Waals surface area contributed by atoms with E-state index in [1.807, 2.05) is 25.3 Å². The number of nitrogens with zero attached hydrogens (tertiary/aromatic N) is 3. The van der Waals surface area contributed by atoms with E-state index in [9.17, 15) is 0 Å². The van der Waals surface area contributed by atoms with Gasteiger partial charge in [-0.15, -0.1) is 30.6 Å². The maximum Gasteiger partial charge on any atom is 0.193 e. The van der Waals surface area contributed by atoms with Gasteiger partial charge in [0, 0.05) is 27.2 Å². The van der Waals surface area contributed by atoms with Crippen molar-refractivity contribution in [1.29, 1.82) is 0 Å². The van der Waals surface area contributed by atoms with Gasteiger partial charge in [-0.2, -0.15) is 0 Å². The molecule has 142 valence electrons. The molecule has 1 aromatic carbocycles. The summed E-state index contributed by atoms with van der Waals surface area (Å²) in [5.41, 5.74) is 1.22. The number of benzene rings is 1. The number of methoxy groups -OCH3 is 1. The predicted octanol–water partition coefficient (Wildman–Crippen LogP) is 3.39. The van der Waals surface area contributed by atoms with Gasteiger partial charge in [0.25, 0.3) is 0 Å². The fourth-order valence-electron chi connectivity index (χ4n) is 2.60. The number of nitrogens with one attached hydrogen (secondary N) is 1. The van der Waals surface area contributed by atoms with Gasteiger partial charge in [0.05, 0.1) is 13.2 Å². The summed E-state index contributed by atoms with van der Waals surface area (Å²) in [5, 5.41) is 3.48. The lowest BCUT2D eigenvalue weighted by atomic mass is 10.1. The van der Waals surface area contributed by atoms with Crippen LogP contribution in [0.4, 0.5) is 0 Å². The molecule has 0 spiro atoms. The second kappa shape index (κ2) is 13.0. The van der Waals surface area contributed by atoms with Crippen LogP contribution in [0, 0.1) is 0 Å². The Balaban J connectivity index is 0.00000576. The number of likely N-dealkylation sites (N-methyl/N-ethyl adjacent to an activating group) is 1. The van der Waals surface area contributed by atoms with Crippen LogP contribution in [0.25, 0.3) is 0 Å². The average molecular weight is 460 g/mol. The van der Waals surface area contributed by atoms with E-state index in [4.69, 9.17) is 4.74 Å². The molecule has 0 bridgehead atoms. The highest BCUT2D eigenvalue weighted by atomic mass is 127. The van der Waals surface area contributed by atoms with Crippen LogP contribution >= 0.6 is 24.0 Å². The Kier molecular flexibility index (Phi) is 12.3. The molecule has 0 fully saturated rings. The summed E-state index contributed by atoms with van der Waals surface area (Å²) in [5.74, 6) is 1.79. The number of rotatable bonds is 9. The van der Waals surface area contributed by atoms with Gasteiger partial charge in [0.2, 0.25) is 0 Å². The third kappa shape index (κ3) is 8.09. The molecule has 0 saturated heterocycles. The van der Waals surface area contributed by atoms with Gasteiger partial charge in [-0.3, -0.25) is 4.99 Å². The van der Waals surface area contributed by atoms with Crippen LogP contribution in [0.5, 0.6) is 5.75 Å². The number of hydrogen-bond acceptors (Lipinski definition) is 3. The second-order valence-corrected chi connectivity index (χ2v) is 6.04. The molecule has 5 nitrogen and oxygen atoms in total. The molecule has 6 heteroatoms. The van der Waals surface area contributed by atoms with Crippen molar-refractivity contribution < 1.29 is 4.74 Å². The van der Waals surface area contributed by atoms with Crippen molar-refractivity contribution in [1.82, 2.24) is 15.1 Å². The van der Waals surface area contributed by atoms with E-state index in [2.05, 4.69) is 60.0 Å². The molecular weight excluding hydrogens is 427 g/mol. The Morgan fingerprint density at radius 1 is 1.36 bits per heavy atom. The fourth-order valence-corrected chi connectivity index (χ4v) is 2.60. The van der Waals surface area contributed by atoms with Crippen LogP contribution in [-0.2, 0) is 0 Å². The highest BCUT2D eigenvalue weighted by Crippen LogP contribution is 2.22. The number of aliphatic imine (C=N–C) groups is 1. The molecule has 1 atom stereocenters. The summed E-state index contributed by atoms with van der Waals surface area (Å²) in [6, 6.07) is 8.45. The molecule has 0 amide bonds.